The molecule has 1 rings (SSSR count). The first-order valence-corrected chi connectivity index (χ1v) is 3.86. The Balaban J connectivity index is 2.41. The fraction of sp³-hybridized carbons (Fsp3) is 1.00. The summed E-state index contributed by atoms with van der Waals surface area (Å²) in [5, 5.41) is 0. The Hall–Kier alpha value is -0.240. The second-order valence-corrected chi connectivity index (χ2v) is 2.40. The van der Waals surface area contributed by atoms with Gasteiger partial charge < -0.3 is 31.4 Å². The van der Waals surface area contributed by atoms with Crippen molar-refractivity contribution in [2.45, 2.75) is 18.9 Å². The zero-order valence-corrected chi connectivity index (χ0v) is 6.81. The minimum absolute atomic E-state index is 0.274. The van der Waals surface area contributed by atoms with Crippen LogP contribution in [-0.4, -0.2) is 38.5 Å². The van der Waals surface area contributed by atoms with Crippen LogP contribution < -0.4 is 17.2 Å². The molecule has 0 unspecified atom stereocenters. The van der Waals surface area contributed by atoms with Crippen molar-refractivity contribution < 1.29 is 14.2 Å². The van der Waals surface area contributed by atoms with Crippen LogP contribution in [0.4, 0.5) is 0 Å². The molecule has 0 aromatic rings. The fourth-order valence-corrected chi connectivity index (χ4v) is 0.937. The maximum absolute atomic E-state index is 5.35. The zero-order valence-electron chi connectivity index (χ0n) is 6.81. The molecule has 1 aliphatic heterocycles. The van der Waals surface area contributed by atoms with Crippen molar-refractivity contribution in [1.29, 1.82) is 0 Å². The van der Waals surface area contributed by atoms with Gasteiger partial charge in [-0.15, -0.1) is 0 Å². The molecule has 0 amide bonds. The third-order valence-electron chi connectivity index (χ3n) is 1.49. The van der Waals surface area contributed by atoms with Gasteiger partial charge in [-0.1, -0.05) is 0 Å². The first-order valence-electron chi connectivity index (χ1n) is 3.86. The molecule has 0 aromatic carbocycles. The summed E-state index contributed by atoms with van der Waals surface area (Å²) in [5.41, 5.74) is 16.0. The predicted octanol–water partition coefficient (Wildman–Crippen LogP) is -2.10. The molecule has 0 radical (unpaired) electrons. The number of hydrogen-bond donors (Lipinski definition) is 3. The summed E-state index contributed by atoms with van der Waals surface area (Å²) >= 11 is 0. The Morgan fingerprint density at radius 1 is 0.667 bits per heavy atom. The van der Waals surface area contributed by atoms with Crippen LogP contribution >= 0.6 is 0 Å². The van der Waals surface area contributed by atoms with E-state index < -0.39 is 18.9 Å². The van der Waals surface area contributed by atoms with E-state index in [1.54, 1.807) is 0 Å². The van der Waals surface area contributed by atoms with Crippen LogP contribution in [0.5, 0.6) is 0 Å². The number of nitrogens with two attached hydrogens (primary N) is 3. The molecule has 1 heterocycles. The van der Waals surface area contributed by atoms with Crippen LogP contribution in [0.1, 0.15) is 0 Å². The summed E-state index contributed by atoms with van der Waals surface area (Å²) in [6, 6.07) is 0. The van der Waals surface area contributed by atoms with E-state index in [2.05, 4.69) is 0 Å². The van der Waals surface area contributed by atoms with Crippen LogP contribution in [0.15, 0.2) is 0 Å². The Bertz CT molecular complexity index is 105. The highest BCUT2D eigenvalue weighted by Gasteiger charge is 2.27. The third kappa shape index (κ3) is 2.37. The van der Waals surface area contributed by atoms with Crippen molar-refractivity contribution in [2.24, 2.45) is 17.2 Å². The molecule has 0 aromatic heterocycles. The van der Waals surface area contributed by atoms with E-state index in [-0.39, 0.29) is 19.6 Å². The molecule has 1 fully saturated rings. The van der Waals surface area contributed by atoms with Crippen LogP contribution in [0, 0.1) is 0 Å². The molecule has 0 spiro atoms. The quantitative estimate of drug-likeness (QED) is 0.456. The summed E-state index contributed by atoms with van der Waals surface area (Å²) in [5.74, 6) is 0. The van der Waals surface area contributed by atoms with Crippen LogP contribution in [0.3, 0.4) is 0 Å². The highest BCUT2D eigenvalue weighted by Crippen LogP contribution is 2.13. The standard InChI is InChI=1S/C6H15N3O3/c7-1-4-10-5(2-8)12-6(3-9)11-4/h4-6H,1-3,7-9H2. The van der Waals surface area contributed by atoms with Gasteiger partial charge >= 0.3 is 0 Å². The molecule has 6 heteroatoms. The smallest absolute Gasteiger partial charge is 0.176 e. The van der Waals surface area contributed by atoms with E-state index in [9.17, 15) is 0 Å². The third-order valence-corrected chi connectivity index (χ3v) is 1.49. The highest BCUT2D eigenvalue weighted by atomic mass is 16.9. The Morgan fingerprint density at radius 2 is 0.917 bits per heavy atom. The van der Waals surface area contributed by atoms with Crippen molar-refractivity contribution in [3.05, 3.63) is 0 Å². The van der Waals surface area contributed by atoms with E-state index in [4.69, 9.17) is 31.4 Å². The van der Waals surface area contributed by atoms with Gasteiger partial charge in [-0.3, -0.25) is 0 Å². The average Bonchev–Trinajstić information content (AvgIpc) is 2.16. The molecule has 0 bridgehead atoms. The largest absolute Gasteiger partial charge is 0.326 e. The second kappa shape index (κ2) is 4.70. The lowest BCUT2D eigenvalue weighted by atomic mass is 10.5. The van der Waals surface area contributed by atoms with Gasteiger partial charge in [0.15, 0.2) is 18.9 Å². The molecule has 0 aliphatic carbocycles. The Kier molecular flexibility index (Phi) is 3.86. The van der Waals surface area contributed by atoms with Gasteiger partial charge in [-0.25, -0.2) is 0 Å². The van der Waals surface area contributed by atoms with Crippen molar-refractivity contribution in [2.75, 3.05) is 19.6 Å². The molecule has 6 N–H and O–H groups in total. The molecule has 72 valence electrons. The van der Waals surface area contributed by atoms with Crippen molar-refractivity contribution in [1.82, 2.24) is 0 Å². The molecule has 0 atom stereocenters. The maximum Gasteiger partial charge on any atom is 0.176 e. The summed E-state index contributed by atoms with van der Waals surface area (Å²) in [7, 11) is 0. The minimum atomic E-state index is -0.458. The first kappa shape index (κ1) is 9.85. The van der Waals surface area contributed by atoms with Gasteiger partial charge in [0.1, 0.15) is 0 Å². The summed E-state index contributed by atoms with van der Waals surface area (Å²) < 4.78 is 15.5. The average molecular weight is 177 g/mol. The molecule has 6 nitrogen and oxygen atoms in total. The zero-order chi connectivity index (χ0) is 8.97. The lowest BCUT2D eigenvalue weighted by Gasteiger charge is -2.34. The Labute approximate surface area is 70.9 Å². The van der Waals surface area contributed by atoms with E-state index in [1.165, 1.54) is 0 Å². The molecular weight excluding hydrogens is 162 g/mol. The minimum Gasteiger partial charge on any atom is -0.326 e. The van der Waals surface area contributed by atoms with Gasteiger partial charge in [0.05, 0.1) is 0 Å². The van der Waals surface area contributed by atoms with Gasteiger partial charge in [-0.05, 0) is 0 Å². The van der Waals surface area contributed by atoms with Gasteiger partial charge in [0.25, 0.3) is 0 Å². The molecule has 12 heavy (non-hydrogen) atoms. The van der Waals surface area contributed by atoms with Crippen molar-refractivity contribution >= 4 is 0 Å². The summed E-state index contributed by atoms with van der Waals surface area (Å²) in [6.45, 7) is 0.823. The topological polar surface area (TPSA) is 106 Å². The maximum atomic E-state index is 5.35. The molecular formula is C6H15N3O3. The summed E-state index contributed by atoms with van der Waals surface area (Å²) in [4.78, 5) is 0. The van der Waals surface area contributed by atoms with Crippen molar-refractivity contribution in [3.63, 3.8) is 0 Å². The van der Waals surface area contributed by atoms with E-state index in [1.807, 2.05) is 0 Å². The number of ether oxygens (including phenoxy) is 3. The number of hydrogen-bond acceptors (Lipinski definition) is 6. The van der Waals surface area contributed by atoms with Crippen LogP contribution in [0.2, 0.25) is 0 Å². The highest BCUT2D eigenvalue weighted by molar-refractivity contribution is 4.59. The lowest BCUT2D eigenvalue weighted by molar-refractivity contribution is -0.373. The molecule has 1 aliphatic rings. The number of rotatable bonds is 3. The van der Waals surface area contributed by atoms with Crippen LogP contribution in [0.25, 0.3) is 0 Å². The predicted molar refractivity (Wildman–Crippen MR) is 41.8 cm³/mol. The van der Waals surface area contributed by atoms with Gasteiger partial charge in [0, 0.05) is 19.6 Å². The van der Waals surface area contributed by atoms with E-state index in [0.29, 0.717) is 0 Å². The molecule has 1 saturated heterocycles. The van der Waals surface area contributed by atoms with E-state index >= 15 is 0 Å². The SMILES string of the molecule is NCC1OC(CN)OC(CN)O1. The Morgan fingerprint density at radius 3 is 1.08 bits per heavy atom. The van der Waals surface area contributed by atoms with Gasteiger partial charge in [-0.2, -0.15) is 0 Å². The fourth-order valence-electron chi connectivity index (χ4n) is 0.937. The van der Waals surface area contributed by atoms with Crippen molar-refractivity contribution in [3.8, 4) is 0 Å². The summed E-state index contributed by atoms with van der Waals surface area (Å²) in [6.07, 6.45) is -1.37. The lowest BCUT2D eigenvalue weighted by Crippen LogP contribution is -2.48. The normalized spacial score (nSPS) is 36.8. The van der Waals surface area contributed by atoms with Crippen LogP contribution in [-0.2, 0) is 14.2 Å². The second-order valence-electron chi connectivity index (χ2n) is 2.40. The first-order chi connectivity index (χ1) is 5.80. The monoisotopic (exact) mass is 177 g/mol. The molecule has 0 saturated carbocycles. The van der Waals surface area contributed by atoms with Gasteiger partial charge in [0.2, 0.25) is 0 Å². The van der Waals surface area contributed by atoms with E-state index in [0.717, 1.165) is 0 Å².